The summed E-state index contributed by atoms with van der Waals surface area (Å²) in [5.74, 6) is 1.31. The van der Waals surface area contributed by atoms with Crippen LogP contribution in [0.3, 0.4) is 0 Å². The van der Waals surface area contributed by atoms with Crippen LogP contribution in [0.2, 0.25) is 0 Å². The summed E-state index contributed by atoms with van der Waals surface area (Å²) in [4.78, 5) is 10.0. The monoisotopic (exact) mass is 268 g/mol. The lowest BCUT2D eigenvalue weighted by molar-refractivity contribution is 0.355. The largest absolute Gasteiger partial charge is 0.516 e. The van der Waals surface area contributed by atoms with E-state index < -0.39 is 5.69 Å². The van der Waals surface area contributed by atoms with E-state index in [9.17, 15) is 4.89 Å². The van der Waals surface area contributed by atoms with Crippen LogP contribution in [0.25, 0.3) is 0 Å². The summed E-state index contributed by atoms with van der Waals surface area (Å²) in [6, 6.07) is 0. The topological polar surface area (TPSA) is 49.7 Å². The first-order chi connectivity index (χ1) is 7.08. The Morgan fingerprint density at radius 1 is 1.33 bits per heavy atom. The molecule has 88 valence electrons. The Labute approximate surface area is 98.4 Å². The Morgan fingerprint density at radius 3 is 2.27 bits per heavy atom. The number of aliphatic hydroxyl groups is 1. The fourth-order valence-electron chi connectivity index (χ4n) is 0.792. The molecule has 6 heteroatoms. The third-order valence-electron chi connectivity index (χ3n) is 1.40. The molecule has 0 rings (SSSR count). The quantitative estimate of drug-likeness (QED) is 0.288. The number of aliphatic hydroxyl groups excluding tert-OH is 1. The van der Waals surface area contributed by atoms with E-state index in [-0.39, 0.29) is 16.7 Å². The molecule has 0 bridgehead atoms. The maximum Gasteiger partial charge on any atom is 0.202 e. The zero-order valence-electron chi connectivity index (χ0n) is 8.45. The molecule has 0 aliphatic rings. The molecule has 0 aliphatic carbocycles. The molecule has 15 heavy (non-hydrogen) atoms. The molecule has 0 heterocycles. The van der Waals surface area contributed by atoms with Crippen LogP contribution in [-0.4, -0.2) is 28.1 Å². The maximum absolute atomic E-state index is 10.0. The molecule has 3 nitrogen and oxygen atoms in total. The average molecular weight is 268 g/mol. The van der Waals surface area contributed by atoms with Crippen LogP contribution in [0, 0.1) is 0 Å². The van der Waals surface area contributed by atoms with Crippen molar-refractivity contribution in [1.29, 1.82) is 0 Å². The summed E-state index contributed by atoms with van der Waals surface area (Å²) < 4.78 is 5.24. The van der Waals surface area contributed by atoms with E-state index >= 15 is 0 Å². The lowest BCUT2D eigenvalue weighted by atomic mass is 10.7. The predicted molar refractivity (Wildman–Crippen MR) is 73.3 cm³/mol. The number of hydrogen-bond acceptors (Lipinski definition) is 2. The molecule has 0 aromatic rings. The fraction of sp³-hybridized carbons (Fsp3) is 0.333. The molecule has 0 amide bonds. The summed E-state index contributed by atoms with van der Waals surface area (Å²) in [6.45, 7) is 7.41. The zero-order chi connectivity index (χ0) is 11.7. The lowest BCUT2D eigenvalue weighted by Crippen LogP contribution is -2.01. The van der Waals surface area contributed by atoms with Crippen LogP contribution < -0.4 is 0 Å². The van der Waals surface area contributed by atoms with Gasteiger partial charge < -0.3 is 14.5 Å². The van der Waals surface area contributed by atoms with E-state index in [0.717, 1.165) is 6.26 Å². The van der Waals surface area contributed by atoms with Gasteiger partial charge in [0.2, 0.25) is 5.69 Å². The van der Waals surface area contributed by atoms with Gasteiger partial charge in [0, 0.05) is 11.5 Å². The minimum absolute atomic E-state index is 0.155. The molecule has 0 aliphatic heterocycles. The minimum atomic E-state index is -2.70. The molecule has 1 atom stereocenters. The van der Waals surface area contributed by atoms with Gasteiger partial charge in [-0.3, -0.25) is 0 Å². The summed E-state index contributed by atoms with van der Waals surface area (Å²) in [7, 11) is -0.381. The summed E-state index contributed by atoms with van der Waals surface area (Å²) >= 11 is 4.17. The van der Waals surface area contributed by atoms with Gasteiger partial charge in [-0.05, 0) is 6.08 Å². The van der Waals surface area contributed by atoms with Crippen LogP contribution >= 0.6 is 17.9 Å². The van der Waals surface area contributed by atoms with Crippen molar-refractivity contribution in [3.05, 3.63) is 37.6 Å². The van der Waals surface area contributed by atoms with Gasteiger partial charge in [-0.25, -0.2) is 0 Å². The second-order valence-corrected chi connectivity index (χ2v) is 10.8. The molecule has 0 aromatic heterocycles. The summed E-state index contributed by atoms with van der Waals surface area (Å²) in [5.41, 5.74) is -2.70. The number of thiol groups is 1. The number of hydrogen-bond donors (Lipinski definition) is 3. The first-order valence-electron chi connectivity index (χ1n) is 4.26. The molecule has 0 fully saturated rings. The minimum Gasteiger partial charge on any atom is -0.516 e. The van der Waals surface area contributed by atoms with Crippen LogP contribution in [0.4, 0.5) is 0 Å². The van der Waals surface area contributed by atoms with E-state index in [1.54, 1.807) is 12.2 Å². The molecule has 0 aromatic carbocycles. The molecule has 1 unspecified atom stereocenters. The van der Waals surface area contributed by atoms with E-state index in [1.807, 2.05) is 0 Å². The first-order valence-corrected chi connectivity index (χ1v) is 9.24. The van der Waals surface area contributed by atoms with Gasteiger partial charge in [-0.2, -0.15) is 0 Å². The molecule has 0 saturated carbocycles. The van der Waals surface area contributed by atoms with Gasteiger partial charge >= 0.3 is 0 Å². The Balaban J connectivity index is 4.72. The summed E-state index contributed by atoms with van der Waals surface area (Å²) in [6.07, 6.45) is 5.76. The highest BCUT2D eigenvalue weighted by atomic mass is 32.9. The maximum atomic E-state index is 10.0. The second kappa shape index (κ2) is 8.25. The van der Waals surface area contributed by atoms with Gasteiger partial charge in [0.15, 0.2) is 0 Å². The van der Waals surface area contributed by atoms with Crippen molar-refractivity contribution in [2.45, 2.75) is 0 Å². The van der Waals surface area contributed by atoms with Crippen molar-refractivity contribution >= 4 is 28.0 Å². The molecule has 0 saturated heterocycles. The van der Waals surface area contributed by atoms with Crippen molar-refractivity contribution < 1.29 is 14.5 Å². The molecule has 0 spiro atoms. The van der Waals surface area contributed by atoms with Gasteiger partial charge in [-0.15, -0.1) is 23.2 Å². The smallest absolute Gasteiger partial charge is 0.202 e. The summed E-state index contributed by atoms with van der Waals surface area (Å²) in [5, 5.41) is 8.42. The Morgan fingerprint density at radius 2 is 1.87 bits per heavy atom. The van der Waals surface area contributed by atoms with Crippen molar-refractivity contribution in [3.63, 3.8) is 0 Å². The second-order valence-electron chi connectivity index (χ2n) is 2.54. The van der Waals surface area contributed by atoms with Crippen molar-refractivity contribution in [3.8, 4) is 0 Å². The van der Waals surface area contributed by atoms with Crippen molar-refractivity contribution in [2.24, 2.45) is 0 Å². The van der Waals surface area contributed by atoms with Crippen molar-refractivity contribution in [2.75, 3.05) is 18.1 Å². The molecular weight excluding hydrogens is 251 g/mol. The zero-order valence-corrected chi connectivity index (χ0v) is 11.1. The van der Waals surface area contributed by atoms with Gasteiger partial charge in [0.25, 0.3) is 0 Å². The van der Waals surface area contributed by atoms with Crippen molar-refractivity contribution in [1.82, 2.24) is 0 Å². The van der Waals surface area contributed by atoms with E-state index in [0.29, 0.717) is 11.5 Å². The fourth-order valence-corrected chi connectivity index (χ4v) is 6.12. The molecule has 0 radical (unpaired) electrons. The highest BCUT2D eigenvalue weighted by Gasteiger charge is 2.13. The van der Waals surface area contributed by atoms with Crippen LogP contribution in [0.5, 0.6) is 0 Å². The molecular formula is C9H17O3PS2. The van der Waals surface area contributed by atoms with Crippen LogP contribution in [0.15, 0.2) is 37.6 Å². The van der Waals surface area contributed by atoms with Crippen LogP contribution in [-0.2, 0) is 14.6 Å². The van der Waals surface area contributed by atoms with E-state index in [2.05, 4.69) is 25.4 Å². The highest BCUT2D eigenvalue weighted by Crippen LogP contribution is 2.53. The Hall–Kier alpha value is 0.0700. The van der Waals surface area contributed by atoms with Crippen LogP contribution in [0.1, 0.15) is 0 Å². The Bertz CT molecular complexity index is 282. The third kappa shape index (κ3) is 6.28. The first kappa shape index (κ1) is 15.1. The standard InChI is InChI=1S/C9H17O3PS2/c1-3-8-15(9-4-2)13(11,14)12-7-5-6-10/h3-6,10-11,14H,1-2,7-9H2. The van der Waals surface area contributed by atoms with E-state index in [1.165, 1.54) is 6.08 Å². The lowest BCUT2D eigenvalue weighted by Gasteiger charge is -2.18. The third-order valence-corrected chi connectivity index (χ3v) is 9.45. The SMILES string of the molecule is C=CCS(CC=C)=P(O)(S)OCC=CO. The van der Waals surface area contributed by atoms with Gasteiger partial charge in [0.05, 0.1) is 12.9 Å². The van der Waals surface area contributed by atoms with Gasteiger partial charge in [-0.1, -0.05) is 24.4 Å². The molecule has 2 N–H and O–H groups in total. The average Bonchev–Trinajstić information content (AvgIpc) is 2.18. The highest BCUT2D eigenvalue weighted by molar-refractivity contribution is 8.66. The number of rotatable bonds is 7. The predicted octanol–water partition coefficient (Wildman–Crippen LogP) is 2.66. The normalized spacial score (nSPS) is 15.4. The van der Waals surface area contributed by atoms with E-state index in [4.69, 9.17) is 9.63 Å². The van der Waals surface area contributed by atoms with Gasteiger partial charge in [0.1, 0.15) is 0 Å². The Kier molecular flexibility index (Phi) is 8.29.